The van der Waals surface area contributed by atoms with E-state index in [1.807, 2.05) is 31.1 Å². The molecule has 0 aromatic heterocycles. The van der Waals surface area contributed by atoms with Crippen molar-refractivity contribution in [3.05, 3.63) is 12.2 Å². The van der Waals surface area contributed by atoms with Gasteiger partial charge in [-0.2, -0.15) is 0 Å². The minimum Gasteiger partial charge on any atom is -0.299 e. The second-order valence-electron chi connectivity index (χ2n) is 5.01. The maximum Gasteiger partial charge on any atom is 0.234 e. The van der Waals surface area contributed by atoms with Gasteiger partial charge < -0.3 is 0 Å². The summed E-state index contributed by atoms with van der Waals surface area (Å²) in [5.41, 5.74) is 0. The quantitative estimate of drug-likeness (QED) is 0.405. The first-order chi connectivity index (χ1) is 8.61. The maximum absolute atomic E-state index is 12.1. The van der Waals surface area contributed by atoms with Crippen LogP contribution in [0.4, 0.5) is 0 Å². The van der Waals surface area contributed by atoms with E-state index in [1.165, 1.54) is 4.90 Å². The average Bonchev–Trinajstić information content (AvgIpc) is 2.59. The van der Waals surface area contributed by atoms with Gasteiger partial charge in [-0.15, -0.1) is 0 Å². The van der Waals surface area contributed by atoms with E-state index in [0.29, 0.717) is 19.4 Å². The molecule has 2 unspecified atom stereocenters. The number of nitrogens with zero attached hydrogens (tertiary/aromatic N) is 2. The Kier molecular flexibility index (Phi) is 3.83. The van der Waals surface area contributed by atoms with Crippen molar-refractivity contribution in [1.29, 1.82) is 0 Å². The monoisotopic (exact) mass is 246 g/mol. The fraction of sp³-hybridized carbons (Fsp3) is 0.571. The Bertz CT molecular complexity index is 416. The second kappa shape index (κ2) is 5.36. The van der Waals surface area contributed by atoms with Gasteiger partial charge in [-0.05, 0) is 26.9 Å². The van der Waals surface area contributed by atoms with Gasteiger partial charge in [-0.3, -0.25) is 19.4 Å². The maximum atomic E-state index is 12.1. The van der Waals surface area contributed by atoms with Crippen LogP contribution in [0.15, 0.2) is 12.2 Å². The highest BCUT2D eigenvalue weighted by atomic mass is 16.2. The predicted molar refractivity (Wildman–Crippen MR) is 68.4 cm³/mol. The molecule has 2 amide bonds. The highest BCUT2D eigenvalue weighted by molar-refractivity contribution is 6.05. The highest BCUT2D eigenvalue weighted by Gasteiger charge is 2.46. The van der Waals surface area contributed by atoms with Crippen molar-refractivity contribution in [2.45, 2.75) is 12.8 Å². The molecule has 1 saturated heterocycles. The van der Waals surface area contributed by atoms with Crippen LogP contribution < -0.4 is 0 Å². The van der Waals surface area contributed by atoms with E-state index in [9.17, 15) is 9.59 Å². The zero-order chi connectivity index (χ0) is 13.1. The summed E-state index contributed by atoms with van der Waals surface area (Å²) >= 11 is 0. The molecule has 2 aliphatic rings. The van der Waals surface area contributed by atoms with Gasteiger partial charge in [0.15, 0.2) is 0 Å². The van der Waals surface area contributed by atoms with Crippen molar-refractivity contribution in [2.75, 3.05) is 27.2 Å². The molecule has 1 fully saturated rings. The van der Waals surface area contributed by atoms with Crippen LogP contribution in [-0.2, 0) is 9.59 Å². The third-order valence-corrected chi connectivity index (χ3v) is 3.36. The normalized spacial score (nSPS) is 26.3. The average molecular weight is 246 g/mol. The number of likely N-dealkylation sites (tertiary alicyclic amines) is 1. The van der Waals surface area contributed by atoms with Gasteiger partial charge in [0.25, 0.3) is 0 Å². The van der Waals surface area contributed by atoms with Gasteiger partial charge in [0.05, 0.1) is 24.9 Å². The molecule has 2 atom stereocenters. The molecular formula is C14H18N2O2. The molecule has 1 aliphatic carbocycles. The number of carbonyl (C=O) groups is 2. The van der Waals surface area contributed by atoms with E-state index in [-0.39, 0.29) is 30.2 Å². The first-order valence-electron chi connectivity index (χ1n) is 6.22. The lowest BCUT2D eigenvalue weighted by molar-refractivity contribution is -0.139. The largest absolute Gasteiger partial charge is 0.299 e. The SMILES string of the molecule is CN(C)CC#CCN1C(=O)C2CC=CCC2C1=O. The van der Waals surface area contributed by atoms with E-state index < -0.39 is 0 Å². The number of carbonyl (C=O) groups excluding carboxylic acids is 2. The minimum absolute atomic E-state index is 0.0477. The molecule has 0 radical (unpaired) electrons. The number of hydrogen-bond acceptors (Lipinski definition) is 3. The first kappa shape index (κ1) is 12.8. The van der Waals surface area contributed by atoms with Crippen LogP contribution in [0.5, 0.6) is 0 Å². The summed E-state index contributed by atoms with van der Waals surface area (Å²) in [4.78, 5) is 27.4. The Hall–Kier alpha value is -1.60. The lowest BCUT2D eigenvalue weighted by Crippen LogP contribution is -2.31. The molecule has 0 bridgehead atoms. The van der Waals surface area contributed by atoms with Crippen LogP contribution in [0, 0.1) is 23.7 Å². The van der Waals surface area contributed by atoms with Crippen LogP contribution in [0.3, 0.4) is 0 Å². The standard InChI is InChI=1S/C14H18N2O2/c1-15(2)9-5-6-10-16-13(17)11-7-3-4-8-12(11)14(16)18/h3-4,11-12H,7-10H2,1-2H3. The molecule has 18 heavy (non-hydrogen) atoms. The Balaban J connectivity index is 1.99. The number of allylic oxidation sites excluding steroid dienone is 2. The molecule has 0 N–H and O–H groups in total. The molecular weight excluding hydrogens is 228 g/mol. The number of hydrogen-bond donors (Lipinski definition) is 0. The fourth-order valence-corrected chi connectivity index (χ4v) is 2.37. The summed E-state index contributed by atoms with van der Waals surface area (Å²) in [6.45, 7) is 0.878. The van der Waals surface area contributed by atoms with Crippen LogP contribution in [0.1, 0.15) is 12.8 Å². The van der Waals surface area contributed by atoms with E-state index in [1.54, 1.807) is 0 Å². The highest BCUT2D eigenvalue weighted by Crippen LogP contribution is 2.34. The van der Waals surface area contributed by atoms with Gasteiger partial charge >= 0.3 is 0 Å². The van der Waals surface area contributed by atoms with Crippen LogP contribution in [0.25, 0.3) is 0 Å². The molecule has 0 spiro atoms. The predicted octanol–water partition coefficient (Wildman–Crippen LogP) is 0.503. The van der Waals surface area contributed by atoms with Gasteiger partial charge in [0.1, 0.15) is 0 Å². The first-order valence-corrected chi connectivity index (χ1v) is 6.22. The van der Waals surface area contributed by atoms with Crippen molar-refractivity contribution in [3.63, 3.8) is 0 Å². The van der Waals surface area contributed by atoms with Gasteiger partial charge in [-0.1, -0.05) is 24.0 Å². The third kappa shape index (κ3) is 2.46. The topological polar surface area (TPSA) is 40.6 Å². The Morgan fingerprint density at radius 3 is 2.22 bits per heavy atom. The zero-order valence-electron chi connectivity index (χ0n) is 10.8. The van der Waals surface area contributed by atoms with Crippen molar-refractivity contribution >= 4 is 11.8 Å². The van der Waals surface area contributed by atoms with Gasteiger partial charge in [0, 0.05) is 0 Å². The zero-order valence-corrected chi connectivity index (χ0v) is 10.8. The minimum atomic E-state index is -0.141. The molecule has 4 heteroatoms. The Morgan fingerprint density at radius 1 is 1.17 bits per heavy atom. The molecule has 1 heterocycles. The summed E-state index contributed by atoms with van der Waals surface area (Å²) in [5, 5.41) is 0. The molecule has 2 rings (SSSR count). The lowest BCUT2D eigenvalue weighted by atomic mass is 9.85. The summed E-state index contributed by atoms with van der Waals surface area (Å²) in [7, 11) is 3.86. The number of imide groups is 1. The summed E-state index contributed by atoms with van der Waals surface area (Å²) < 4.78 is 0. The van der Waals surface area contributed by atoms with Crippen molar-refractivity contribution < 1.29 is 9.59 Å². The molecule has 96 valence electrons. The van der Waals surface area contributed by atoms with Crippen LogP contribution >= 0.6 is 0 Å². The number of fused-ring (bicyclic) bond motifs is 1. The molecule has 0 aromatic rings. The van der Waals surface area contributed by atoms with E-state index in [4.69, 9.17) is 0 Å². The second-order valence-corrected chi connectivity index (χ2v) is 5.01. The Morgan fingerprint density at radius 2 is 1.72 bits per heavy atom. The molecule has 4 nitrogen and oxygen atoms in total. The number of rotatable bonds is 2. The molecule has 0 saturated carbocycles. The number of amides is 2. The van der Waals surface area contributed by atoms with E-state index in [2.05, 4.69) is 11.8 Å². The smallest absolute Gasteiger partial charge is 0.234 e. The molecule has 1 aliphatic heterocycles. The summed E-state index contributed by atoms with van der Waals surface area (Å²) in [6, 6.07) is 0. The summed E-state index contributed by atoms with van der Waals surface area (Å²) in [5.74, 6) is 5.47. The van der Waals surface area contributed by atoms with Crippen molar-refractivity contribution in [1.82, 2.24) is 9.80 Å². The van der Waals surface area contributed by atoms with Gasteiger partial charge in [-0.25, -0.2) is 0 Å². The van der Waals surface area contributed by atoms with Crippen molar-refractivity contribution in [3.8, 4) is 11.8 Å². The van der Waals surface area contributed by atoms with Crippen LogP contribution in [0.2, 0.25) is 0 Å². The van der Waals surface area contributed by atoms with E-state index in [0.717, 1.165) is 0 Å². The molecule has 0 aromatic carbocycles. The summed E-state index contributed by atoms with van der Waals surface area (Å²) in [6.07, 6.45) is 5.37. The van der Waals surface area contributed by atoms with E-state index >= 15 is 0 Å². The van der Waals surface area contributed by atoms with Gasteiger partial charge in [0.2, 0.25) is 11.8 Å². The fourth-order valence-electron chi connectivity index (χ4n) is 2.37. The van der Waals surface area contributed by atoms with Crippen LogP contribution in [-0.4, -0.2) is 48.8 Å². The Labute approximate surface area is 108 Å². The lowest BCUT2D eigenvalue weighted by Gasteiger charge is -2.14. The van der Waals surface area contributed by atoms with Crippen molar-refractivity contribution in [2.24, 2.45) is 11.8 Å². The third-order valence-electron chi connectivity index (χ3n) is 3.36.